The normalized spacial score (nSPS) is 17.5. The Bertz CT molecular complexity index is 653. The lowest BCUT2D eigenvalue weighted by Crippen LogP contribution is -2.41. The highest BCUT2D eigenvalue weighted by molar-refractivity contribution is 7.89. The van der Waals surface area contributed by atoms with E-state index in [1.165, 1.54) is 10.4 Å². The van der Waals surface area contributed by atoms with Crippen LogP contribution in [0.15, 0.2) is 23.1 Å². The van der Waals surface area contributed by atoms with E-state index in [1.807, 2.05) is 0 Å². The topological polar surface area (TPSA) is 83.9 Å². The highest BCUT2D eigenvalue weighted by atomic mass is 35.5. The molecule has 0 saturated carbocycles. The molecule has 0 spiro atoms. The Morgan fingerprint density at radius 3 is 2.64 bits per heavy atom. The molecule has 1 saturated heterocycles. The lowest BCUT2D eigenvalue weighted by Gasteiger charge is -2.31. The van der Waals surface area contributed by atoms with Crippen LogP contribution in [0, 0.1) is 6.92 Å². The molecular weight excluding hydrogens is 330 g/mol. The van der Waals surface area contributed by atoms with Crippen LogP contribution in [0.5, 0.6) is 0 Å². The van der Waals surface area contributed by atoms with E-state index in [9.17, 15) is 13.2 Å². The molecule has 122 valence electrons. The number of carbonyl (C=O) groups is 1. The quantitative estimate of drug-likeness (QED) is 0.879. The summed E-state index contributed by atoms with van der Waals surface area (Å²) >= 11 is 5.90. The molecule has 1 aliphatic heterocycles. The molecule has 0 aliphatic carbocycles. The van der Waals surface area contributed by atoms with Crippen molar-refractivity contribution in [1.29, 1.82) is 0 Å². The van der Waals surface area contributed by atoms with Crippen LogP contribution in [-0.4, -0.2) is 49.6 Å². The predicted molar refractivity (Wildman–Crippen MR) is 81.6 cm³/mol. The summed E-state index contributed by atoms with van der Waals surface area (Å²) in [6.07, 6.45) is 0.737. The van der Waals surface area contributed by atoms with E-state index in [4.69, 9.17) is 21.4 Å². The van der Waals surface area contributed by atoms with Crippen molar-refractivity contribution < 1.29 is 23.1 Å². The largest absolute Gasteiger partial charge is 0.480 e. The molecule has 1 aromatic carbocycles. The summed E-state index contributed by atoms with van der Waals surface area (Å²) in [5.41, 5.74) is 0.647. The van der Waals surface area contributed by atoms with Crippen LogP contribution < -0.4 is 0 Å². The maximum atomic E-state index is 12.7. The number of carboxylic acid groups (broad SMARTS) is 1. The van der Waals surface area contributed by atoms with E-state index < -0.39 is 16.0 Å². The maximum absolute atomic E-state index is 12.7. The first-order valence-corrected chi connectivity index (χ1v) is 8.72. The highest BCUT2D eigenvalue weighted by Gasteiger charge is 2.31. The summed E-state index contributed by atoms with van der Waals surface area (Å²) < 4.78 is 31.9. The van der Waals surface area contributed by atoms with E-state index in [-0.39, 0.29) is 17.6 Å². The molecule has 1 N–H and O–H groups in total. The third-order valence-electron chi connectivity index (χ3n) is 3.61. The van der Waals surface area contributed by atoms with Crippen molar-refractivity contribution in [2.75, 3.05) is 19.7 Å². The fourth-order valence-electron chi connectivity index (χ4n) is 2.42. The van der Waals surface area contributed by atoms with Crippen LogP contribution >= 0.6 is 11.6 Å². The number of ether oxygens (including phenoxy) is 1. The zero-order valence-corrected chi connectivity index (χ0v) is 13.7. The number of nitrogens with zero attached hydrogens (tertiary/aromatic N) is 1. The molecule has 0 bridgehead atoms. The number of carboxylic acids is 1. The molecule has 1 aliphatic rings. The van der Waals surface area contributed by atoms with E-state index in [0.717, 1.165) is 0 Å². The Labute approximate surface area is 134 Å². The molecule has 6 nitrogen and oxygen atoms in total. The fraction of sp³-hybridized carbons (Fsp3) is 0.500. The van der Waals surface area contributed by atoms with Crippen molar-refractivity contribution >= 4 is 27.6 Å². The minimum absolute atomic E-state index is 0.213. The fourth-order valence-corrected chi connectivity index (χ4v) is 4.38. The van der Waals surface area contributed by atoms with Crippen LogP contribution in [0.1, 0.15) is 18.4 Å². The van der Waals surface area contributed by atoms with E-state index in [1.54, 1.807) is 19.1 Å². The van der Waals surface area contributed by atoms with Crippen molar-refractivity contribution in [2.24, 2.45) is 0 Å². The molecule has 0 unspecified atom stereocenters. The Balaban J connectivity index is 2.06. The van der Waals surface area contributed by atoms with Gasteiger partial charge in [0.2, 0.25) is 10.0 Å². The average Bonchev–Trinajstić information content (AvgIpc) is 2.48. The van der Waals surface area contributed by atoms with Crippen LogP contribution in [-0.2, 0) is 19.6 Å². The van der Waals surface area contributed by atoms with Gasteiger partial charge in [-0.05, 0) is 37.5 Å². The van der Waals surface area contributed by atoms with Gasteiger partial charge in [0.25, 0.3) is 0 Å². The van der Waals surface area contributed by atoms with Crippen LogP contribution in [0.4, 0.5) is 0 Å². The van der Waals surface area contributed by atoms with Gasteiger partial charge in [-0.3, -0.25) is 0 Å². The van der Waals surface area contributed by atoms with Gasteiger partial charge in [-0.25, -0.2) is 13.2 Å². The standard InChI is InChI=1S/C14H18ClNO5S/c1-10-2-3-11(15)8-13(10)22(19,20)16-6-4-12(5-7-16)21-9-14(17)18/h2-3,8,12H,4-7,9H2,1H3,(H,17,18). The molecule has 1 fully saturated rings. The molecule has 2 rings (SSSR count). The second-order valence-corrected chi connectivity index (χ2v) is 7.56. The SMILES string of the molecule is Cc1ccc(Cl)cc1S(=O)(=O)N1CCC(OCC(=O)O)CC1. The van der Waals surface area contributed by atoms with Crippen molar-refractivity contribution in [3.8, 4) is 0 Å². The number of aliphatic carboxylic acids is 1. The molecule has 0 amide bonds. The summed E-state index contributed by atoms with van der Waals surface area (Å²) in [6, 6.07) is 4.79. The zero-order chi connectivity index (χ0) is 16.3. The lowest BCUT2D eigenvalue weighted by atomic mass is 10.1. The van der Waals surface area contributed by atoms with Crippen molar-refractivity contribution in [3.05, 3.63) is 28.8 Å². The summed E-state index contributed by atoms with van der Waals surface area (Å²) in [6.45, 7) is 1.98. The van der Waals surface area contributed by atoms with E-state index in [0.29, 0.717) is 36.5 Å². The van der Waals surface area contributed by atoms with Crippen LogP contribution in [0.25, 0.3) is 0 Å². The van der Waals surface area contributed by atoms with Gasteiger partial charge in [-0.15, -0.1) is 0 Å². The Kier molecular flexibility index (Phi) is 5.44. The summed E-state index contributed by atoms with van der Waals surface area (Å²) in [5.74, 6) is -1.02. The Morgan fingerprint density at radius 1 is 1.41 bits per heavy atom. The number of sulfonamides is 1. The minimum atomic E-state index is -3.59. The van der Waals surface area contributed by atoms with Crippen molar-refractivity contribution in [3.63, 3.8) is 0 Å². The van der Waals surface area contributed by atoms with Crippen LogP contribution in [0.3, 0.4) is 0 Å². The smallest absolute Gasteiger partial charge is 0.329 e. The number of hydrogen-bond acceptors (Lipinski definition) is 4. The molecule has 0 radical (unpaired) electrons. The first-order valence-electron chi connectivity index (χ1n) is 6.90. The van der Waals surface area contributed by atoms with Crippen molar-refractivity contribution in [1.82, 2.24) is 4.31 Å². The first-order chi connectivity index (χ1) is 10.3. The number of hydrogen-bond donors (Lipinski definition) is 1. The third-order valence-corrected chi connectivity index (χ3v) is 5.89. The van der Waals surface area contributed by atoms with Gasteiger partial charge < -0.3 is 9.84 Å². The number of rotatable bonds is 5. The number of aryl methyl sites for hydroxylation is 1. The Hall–Kier alpha value is -1.15. The summed E-state index contributed by atoms with van der Waals surface area (Å²) in [4.78, 5) is 10.7. The molecule has 22 heavy (non-hydrogen) atoms. The molecule has 1 heterocycles. The second kappa shape index (κ2) is 6.95. The van der Waals surface area contributed by atoms with E-state index in [2.05, 4.69) is 0 Å². The predicted octanol–water partition coefficient (Wildman–Crippen LogP) is 1.90. The summed E-state index contributed by atoms with van der Waals surface area (Å²) in [7, 11) is -3.59. The molecule has 8 heteroatoms. The molecule has 0 atom stereocenters. The van der Waals surface area contributed by atoms with E-state index >= 15 is 0 Å². The number of piperidine rings is 1. The van der Waals surface area contributed by atoms with Crippen LogP contribution in [0.2, 0.25) is 5.02 Å². The Morgan fingerprint density at radius 2 is 2.05 bits per heavy atom. The number of benzene rings is 1. The van der Waals surface area contributed by atoms with Gasteiger partial charge in [-0.1, -0.05) is 17.7 Å². The van der Waals surface area contributed by atoms with Gasteiger partial charge in [0.1, 0.15) is 6.61 Å². The minimum Gasteiger partial charge on any atom is -0.480 e. The first kappa shape index (κ1) is 17.2. The van der Waals surface area contributed by atoms with Gasteiger partial charge in [0.15, 0.2) is 0 Å². The average molecular weight is 348 g/mol. The van der Waals surface area contributed by atoms with Gasteiger partial charge >= 0.3 is 5.97 Å². The monoisotopic (exact) mass is 347 g/mol. The van der Waals surface area contributed by atoms with Gasteiger partial charge in [0.05, 0.1) is 11.0 Å². The summed E-state index contributed by atoms with van der Waals surface area (Å²) in [5, 5.41) is 8.97. The molecular formula is C14H18ClNO5S. The van der Waals surface area contributed by atoms with Gasteiger partial charge in [0, 0.05) is 18.1 Å². The lowest BCUT2D eigenvalue weighted by molar-refractivity contribution is -0.145. The number of halogens is 1. The zero-order valence-electron chi connectivity index (χ0n) is 12.2. The van der Waals surface area contributed by atoms with Crippen molar-refractivity contribution in [2.45, 2.75) is 30.8 Å². The maximum Gasteiger partial charge on any atom is 0.329 e. The second-order valence-electron chi connectivity index (χ2n) is 5.22. The third kappa shape index (κ3) is 3.98. The van der Waals surface area contributed by atoms with Gasteiger partial charge in [-0.2, -0.15) is 4.31 Å². The molecule has 0 aromatic heterocycles. The highest BCUT2D eigenvalue weighted by Crippen LogP contribution is 2.26. The molecule has 1 aromatic rings.